The molecule has 162 valence electrons. The number of rotatable bonds is 6. The number of hydrogen-bond acceptors (Lipinski definition) is 4. The number of fused-ring (bicyclic) bond motifs is 1. The van der Waals surface area contributed by atoms with Crippen LogP contribution in [-0.4, -0.2) is 33.5 Å². The van der Waals surface area contributed by atoms with Gasteiger partial charge >= 0.3 is 0 Å². The van der Waals surface area contributed by atoms with Crippen LogP contribution in [0.3, 0.4) is 0 Å². The first-order valence-corrected chi connectivity index (χ1v) is 11.9. The molecule has 1 aliphatic carbocycles. The van der Waals surface area contributed by atoms with Gasteiger partial charge in [0.1, 0.15) is 0 Å². The van der Waals surface area contributed by atoms with E-state index in [4.69, 9.17) is 9.72 Å². The van der Waals surface area contributed by atoms with Crippen LogP contribution in [0.25, 0.3) is 0 Å². The summed E-state index contributed by atoms with van der Waals surface area (Å²) in [6.07, 6.45) is 13.4. The van der Waals surface area contributed by atoms with Gasteiger partial charge in [-0.15, -0.1) is 0 Å². The third kappa shape index (κ3) is 3.60. The third-order valence-corrected chi connectivity index (χ3v) is 7.99. The summed E-state index contributed by atoms with van der Waals surface area (Å²) in [4.78, 5) is 4.85. The van der Waals surface area contributed by atoms with Gasteiger partial charge in [0.2, 0.25) is 0 Å². The molecule has 1 unspecified atom stereocenters. The van der Waals surface area contributed by atoms with Crippen molar-refractivity contribution < 1.29 is 4.74 Å². The zero-order valence-corrected chi connectivity index (χ0v) is 18.5. The minimum absolute atomic E-state index is 0.0878. The predicted molar refractivity (Wildman–Crippen MR) is 118 cm³/mol. The van der Waals surface area contributed by atoms with Crippen LogP contribution >= 0.6 is 0 Å². The van der Waals surface area contributed by atoms with Crippen molar-refractivity contribution in [1.29, 1.82) is 0 Å². The second-order valence-corrected chi connectivity index (χ2v) is 10.2. The zero-order chi connectivity index (χ0) is 20.6. The minimum Gasteiger partial charge on any atom is -0.375 e. The largest absolute Gasteiger partial charge is 0.375 e. The van der Waals surface area contributed by atoms with E-state index in [1.165, 1.54) is 37.1 Å². The van der Waals surface area contributed by atoms with Crippen LogP contribution in [0.15, 0.2) is 36.7 Å². The molecule has 5 heteroatoms. The Labute approximate surface area is 180 Å². The molecule has 1 saturated carbocycles. The van der Waals surface area contributed by atoms with Gasteiger partial charge in [-0.1, -0.05) is 32.8 Å². The molecule has 2 aromatic heterocycles. The lowest BCUT2D eigenvalue weighted by atomic mass is 9.68. The second kappa shape index (κ2) is 8.08. The first kappa shape index (κ1) is 20.2. The average Bonchev–Trinajstić information content (AvgIpc) is 3.47. The van der Waals surface area contributed by atoms with Crippen LogP contribution in [0.2, 0.25) is 0 Å². The zero-order valence-electron chi connectivity index (χ0n) is 18.5. The molecule has 30 heavy (non-hydrogen) atoms. The van der Waals surface area contributed by atoms with E-state index in [0.29, 0.717) is 18.0 Å². The summed E-state index contributed by atoms with van der Waals surface area (Å²) in [5.74, 6) is 0.605. The van der Waals surface area contributed by atoms with Crippen molar-refractivity contribution in [1.82, 2.24) is 20.1 Å². The minimum atomic E-state index is 0.0878. The van der Waals surface area contributed by atoms with Gasteiger partial charge in [-0.3, -0.25) is 9.67 Å². The van der Waals surface area contributed by atoms with Gasteiger partial charge in [-0.2, -0.15) is 5.10 Å². The number of nitrogens with one attached hydrogen (secondary N) is 1. The fourth-order valence-electron chi connectivity index (χ4n) is 6.36. The molecule has 3 atom stereocenters. The number of ether oxygens (including phenoxy) is 1. The molecule has 2 aliphatic heterocycles. The molecule has 1 saturated heterocycles. The van der Waals surface area contributed by atoms with Crippen molar-refractivity contribution in [2.45, 2.75) is 88.3 Å². The van der Waals surface area contributed by atoms with Gasteiger partial charge < -0.3 is 10.1 Å². The molecule has 5 nitrogen and oxygen atoms in total. The Bertz CT molecular complexity index is 842. The van der Waals surface area contributed by atoms with Crippen molar-refractivity contribution in [3.05, 3.63) is 48.0 Å². The van der Waals surface area contributed by atoms with Gasteiger partial charge in [-0.05, 0) is 69.2 Å². The van der Waals surface area contributed by atoms with Gasteiger partial charge in [0.05, 0.1) is 23.4 Å². The molecule has 1 N–H and O–H groups in total. The molecular weight excluding hydrogens is 372 g/mol. The molecule has 4 heterocycles. The van der Waals surface area contributed by atoms with E-state index in [0.717, 1.165) is 38.8 Å². The highest BCUT2D eigenvalue weighted by molar-refractivity contribution is 5.21. The molecule has 0 radical (unpaired) electrons. The van der Waals surface area contributed by atoms with E-state index < -0.39 is 0 Å². The smallest absolute Gasteiger partial charge is 0.0691 e. The summed E-state index contributed by atoms with van der Waals surface area (Å²) in [6.45, 7) is 6.48. The average molecular weight is 409 g/mol. The van der Waals surface area contributed by atoms with Gasteiger partial charge in [0.15, 0.2) is 0 Å². The van der Waals surface area contributed by atoms with E-state index >= 15 is 0 Å². The summed E-state index contributed by atoms with van der Waals surface area (Å²) in [7, 11) is 0. The van der Waals surface area contributed by atoms with Crippen LogP contribution in [0.1, 0.15) is 88.7 Å². The van der Waals surface area contributed by atoms with Crippen molar-refractivity contribution in [3.8, 4) is 0 Å². The predicted octanol–water partition coefficient (Wildman–Crippen LogP) is 4.96. The maximum atomic E-state index is 6.40. The highest BCUT2D eigenvalue weighted by Gasteiger charge is 2.48. The summed E-state index contributed by atoms with van der Waals surface area (Å²) < 4.78 is 8.65. The van der Waals surface area contributed by atoms with E-state index in [1.54, 1.807) is 0 Å². The fourth-order valence-corrected chi connectivity index (χ4v) is 6.36. The van der Waals surface area contributed by atoms with Crippen molar-refractivity contribution in [2.24, 2.45) is 5.92 Å². The first-order chi connectivity index (χ1) is 14.6. The standard InChI is InChI=1S/C25H36N4O/c1-19(2)22-17-20(21-8-14-28-29(21)22)26-15-11-24(23-7-3-6-13-27-23)12-16-30-25(18-24)9-4-5-10-25/h3,6-8,13-14,19-20,22,26H,4-5,9-12,15-18H2,1-2H3/t20-,22+,24?/m1/s1. The molecule has 2 fully saturated rings. The molecule has 1 spiro atoms. The Kier molecular flexibility index (Phi) is 5.44. The maximum absolute atomic E-state index is 6.40. The van der Waals surface area contributed by atoms with Crippen molar-refractivity contribution >= 4 is 0 Å². The number of hydrogen-bond donors (Lipinski definition) is 1. The maximum Gasteiger partial charge on any atom is 0.0691 e. The van der Waals surface area contributed by atoms with E-state index in [9.17, 15) is 0 Å². The Morgan fingerprint density at radius 3 is 2.80 bits per heavy atom. The van der Waals surface area contributed by atoms with Crippen LogP contribution in [-0.2, 0) is 10.2 Å². The SMILES string of the molecule is CC(C)[C@@H]1C[C@@H](NCCC2(c3ccccn3)CCOC3(CCCC3)C2)c2ccnn21. The third-order valence-electron chi connectivity index (χ3n) is 7.99. The molecular formula is C25H36N4O. The number of pyridine rings is 1. The highest BCUT2D eigenvalue weighted by Crippen LogP contribution is 2.49. The lowest BCUT2D eigenvalue weighted by molar-refractivity contribution is -0.104. The summed E-state index contributed by atoms with van der Waals surface area (Å²) in [6, 6.07) is 9.52. The lowest BCUT2D eigenvalue weighted by Crippen LogP contribution is -2.47. The van der Waals surface area contributed by atoms with Crippen molar-refractivity contribution in [3.63, 3.8) is 0 Å². The Morgan fingerprint density at radius 2 is 2.03 bits per heavy atom. The molecule has 0 aromatic carbocycles. The van der Waals surface area contributed by atoms with Gasteiger partial charge in [0.25, 0.3) is 0 Å². The van der Waals surface area contributed by atoms with Crippen LogP contribution < -0.4 is 5.32 Å². The van der Waals surface area contributed by atoms with Gasteiger partial charge in [-0.25, -0.2) is 0 Å². The van der Waals surface area contributed by atoms with E-state index in [1.807, 2.05) is 18.5 Å². The fraction of sp³-hybridized carbons (Fsp3) is 0.680. The Morgan fingerprint density at radius 1 is 1.17 bits per heavy atom. The Hall–Kier alpha value is -1.72. The van der Waals surface area contributed by atoms with Crippen LogP contribution in [0.4, 0.5) is 0 Å². The van der Waals surface area contributed by atoms with Crippen LogP contribution in [0, 0.1) is 5.92 Å². The normalized spacial score (nSPS) is 30.2. The Balaban J connectivity index is 1.32. The molecule has 0 bridgehead atoms. The summed E-state index contributed by atoms with van der Waals surface area (Å²) in [5.41, 5.74) is 2.81. The molecule has 3 aliphatic rings. The summed E-state index contributed by atoms with van der Waals surface area (Å²) in [5, 5.41) is 8.51. The van der Waals surface area contributed by atoms with Crippen molar-refractivity contribution in [2.75, 3.05) is 13.2 Å². The molecule has 2 aromatic rings. The first-order valence-electron chi connectivity index (χ1n) is 11.9. The lowest BCUT2D eigenvalue weighted by Gasteiger charge is -2.46. The second-order valence-electron chi connectivity index (χ2n) is 10.2. The number of nitrogens with zero attached hydrogens (tertiary/aromatic N) is 3. The van der Waals surface area contributed by atoms with E-state index in [2.05, 4.69) is 47.1 Å². The highest BCUT2D eigenvalue weighted by atomic mass is 16.5. The molecule has 5 rings (SSSR count). The number of aromatic nitrogens is 3. The van der Waals surface area contributed by atoms with E-state index in [-0.39, 0.29) is 11.0 Å². The van der Waals surface area contributed by atoms with Gasteiger partial charge in [0, 0.05) is 30.1 Å². The topological polar surface area (TPSA) is 52.0 Å². The monoisotopic (exact) mass is 408 g/mol. The van der Waals surface area contributed by atoms with Crippen LogP contribution in [0.5, 0.6) is 0 Å². The summed E-state index contributed by atoms with van der Waals surface area (Å²) >= 11 is 0. The quantitative estimate of drug-likeness (QED) is 0.734. The molecule has 0 amide bonds.